The van der Waals surface area contributed by atoms with Gasteiger partial charge in [-0.15, -0.1) is 0 Å². The van der Waals surface area contributed by atoms with Crippen LogP contribution in [0.3, 0.4) is 0 Å². The summed E-state index contributed by atoms with van der Waals surface area (Å²) < 4.78 is 145. The van der Waals surface area contributed by atoms with Gasteiger partial charge in [0.15, 0.2) is 0 Å². The molecule has 358 valence electrons. The van der Waals surface area contributed by atoms with Crippen LogP contribution in [0, 0.1) is 0 Å². The van der Waals surface area contributed by atoms with Crippen LogP contribution < -0.4 is 20.4 Å². The van der Waals surface area contributed by atoms with Crippen LogP contribution in [0.4, 0.5) is 52.7 Å². The number of amides is 2. The maximum atomic E-state index is 12.1. The number of hydrogen-bond acceptors (Lipinski definition) is 10. The van der Waals surface area contributed by atoms with Crippen LogP contribution in [0.1, 0.15) is 63.7 Å². The van der Waals surface area contributed by atoms with E-state index in [-0.39, 0.29) is 34.1 Å². The van der Waals surface area contributed by atoms with Gasteiger partial charge in [0.05, 0.1) is 46.1 Å². The molecule has 0 heterocycles. The average Bonchev–Trinajstić information content (AvgIpc) is 3.17. The van der Waals surface area contributed by atoms with Gasteiger partial charge in [-0.1, -0.05) is 72.8 Å². The molecule has 4 rings (SSSR count). The predicted molar refractivity (Wildman–Crippen MR) is 183 cm³/mol. The van der Waals surface area contributed by atoms with Crippen molar-refractivity contribution in [3.05, 3.63) is 142 Å². The normalized spacial score (nSPS) is 10.2. The Kier molecular flexibility index (Phi) is 29.5. The van der Waals surface area contributed by atoms with Crippen LogP contribution in [-0.2, 0) is 68.4 Å². The third kappa shape index (κ3) is 25.1. The van der Waals surface area contributed by atoms with Gasteiger partial charge in [0.2, 0.25) is 12.8 Å². The summed E-state index contributed by atoms with van der Waals surface area (Å²) in [5.41, 5.74) is -8.09. The van der Waals surface area contributed by atoms with E-state index in [0.717, 1.165) is 61.4 Å². The second-order valence-corrected chi connectivity index (χ2v) is 11.5. The Morgan fingerprint density at radius 3 is 0.578 bits per heavy atom. The molecule has 0 unspecified atom stereocenters. The number of carbonyl (C=O) groups excluding carboxylic acids is 6. The van der Waals surface area contributed by atoms with E-state index in [1.807, 2.05) is 0 Å². The summed E-state index contributed by atoms with van der Waals surface area (Å²) in [4.78, 5) is 62.8. The molecular weight excluding hydrogens is 999 g/mol. The Bertz CT molecular complexity index is 1810. The summed E-state index contributed by atoms with van der Waals surface area (Å²) in [6.07, 6.45) is -17.1. The number of rotatable bonds is 6. The summed E-state index contributed by atoms with van der Waals surface area (Å²) in [6.45, 7) is 0. The van der Waals surface area contributed by atoms with E-state index in [0.29, 0.717) is 24.3 Å². The Morgan fingerprint density at radius 2 is 0.500 bits per heavy atom. The average molecular weight is 1030 g/mol. The smallest absolute Gasteiger partial charge is 0.545 e. The van der Waals surface area contributed by atoms with Crippen LogP contribution in [0.2, 0.25) is 0 Å². The SMILES string of the molecule is CN(C)C=O.CN(C)C=O.O=C([O-])c1ccccc1C(F)(F)F.O=C([O-])c1ccccc1C(F)(F)F.O=C([O-])c1ccccc1C(F)(F)F.O=C([O-])c1ccccc1C(F)(F)F.[Cu+2].[Cu+2]. The van der Waals surface area contributed by atoms with Crippen molar-refractivity contribution >= 4 is 36.7 Å². The molecule has 2 radical (unpaired) electrons. The molecular formula is C38H30Cu2F12N2O10. The maximum Gasteiger partial charge on any atom is 2.00 e. The second-order valence-electron chi connectivity index (χ2n) is 11.5. The number of nitrogens with zero attached hydrogens (tertiary/aromatic N) is 2. The summed E-state index contributed by atoms with van der Waals surface area (Å²) in [5, 5.41) is 41.0. The zero-order valence-electron chi connectivity index (χ0n) is 32.5. The Morgan fingerprint density at radius 1 is 0.375 bits per heavy atom. The van der Waals surface area contributed by atoms with Crippen LogP contribution in [-0.4, -0.2) is 74.7 Å². The van der Waals surface area contributed by atoms with Gasteiger partial charge in [0, 0.05) is 50.4 Å². The van der Waals surface area contributed by atoms with E-state index < -0.39 is 93.1 Å². The van der Waals surface area contributed by atoms with E-state index in [2.05, 4.69) is 0 Å². The van der Waals surface area contributed by atoms with Crippen molar-refractivity contribution in [1.82, 2.24) is 9.80 Å². The van der Waals surface area contributed by atoms with Gasteiger partial charge in [-0.05, 0) is 24.3 Å². The molecule has 0 aliphatic heterocycles. The van der Waals surface area contributed by atoms with Crippen molar-refractivity contribution in [3.63, 3.8) is 0 Å². The molecule has 0 N–H and O–H groups in total. The molecule has 0 aromatic heterocycles. The van der Waals surface area contributed by atoms with Crippen LogP contribution >= 0.6 is 0 Å². The first-order chi connectivity index (χ1) is 28.2. The fraction of sp³-hybridized carbons (Fsp3) is 0.211. The van der Waals surface area contributed by atoms with Gasteiger partial charge in [0.1, 0.15) is 0 Å². The number of halogens is 12. The molecule has 64 heavy (non-hydrogen) atoms. The van der Waals surface area contributed by atoms with Crippen molar-refractivity contribution in [3.8, 4) is 0 Å². The fourth-order valence-electron chi connectivity index (χ4n) is 3.63. The second kappa shape index (κ2) is 29.3. The van der Waals surface area contributed by atoms with E-state index in [9.17, 15) is 102 Å². The third-order valence-corrected chi connectivity index (χ3v) is 6.23. The molecule has 26 heteroatoms. The van der Waals surface area contributed by atoms with Gasteiger partial charge >= 0.3 is 58.8 Å². The molecule has 4 aromatic rings. The molecule has 4 aromatic carbocycles. The monoisotopic (exact) mass is 1030 g/mol. The number of hydrogen-bond donors (Lipinski definition) is 0. The molecule has 0 saturated heterocycles. The first kappa shape index (κ1) is 64.5. The Hall–Kier alpha value is -6.10. The molecule has 0 saturated carbocycles. The molecule has 12 nitrogen and oxygen atoms in total. The van der Waals surface area contributed by atoms with E-state index >= 15 is 0 Å². The largest absolute Gasteiger partial charge is 2.00 e. The zero-order chi connectivity index (χ0) is 48.8. The van der Waals surface area contributed by atoms with Gasteiger partial charge < -0.3 is 49.4 Å². The summed E-state index contributed by atoms with van der Waals surface area (Å²) in [7, 11) is 6.75. The quantitative estimate of drug-likeness (QED) is 0.156. The minimum atomic E-state index is -4.66. The molecule has 0 aliphatic rings. The van der Waals surface area contributed by atoms with E-state index in [1.165, 1.54) is 34.1 Å². The number of carboxylic acids is 4. The van der Waals surface area contributed by atoms with Crippen molar-refractivity contribution in [1.29, 1.82) is 0 Å². The molecule has 2 amide bonds. The van der Waals surface area contributed by atoms with Gasteiger partial charge in [-0.2, -0.15) is 52.7 Å². The van der Waals surface area contributed by atoms with Crippen molar-refractivity contribution < 1.29 is 136 Å². The first-order valence-corrected chi connectivity index (χ1v) is 16.0. The molecule has 0 atom stereocenters. The summed E-state index contributed by atoms with van der Waals surface area (Å²) >= 11 is 0. The zero-order valence-corrected chi connectivity index (χ0v) is 34.4. The first-order valence-electron chi connectivity index (χ1n) is 16.0. The van der Waals surface area contributed by atoms with E-state index in [4.69, 9.17) is 0 Å². The number of benzene rings is 4. The number of aromatic carboxylic acids is 4. The van der Waals surface area contributed by atoms with E-state index in [1.54, 1.807) is 28.2 Å². The standard InChI is InChI=1S/4C8H5F3O2.2C3H7NO.2Cu/c4*9-8(10,11)6-4-2-1-3-5(6)7(12)13;2*1-4(2)3-5;;/h4*1-4H,(H,12,13);2*3H,1-2H3;;/q;;;;;;2*+2/p-4. The molecule has 0 fully saturated rings. The van der Waals surface area contributed by atoms with Crippen LogP contribution in [0.25, 0.3) is 0 Å². The minimum absolute atomic E-state index is 0. The van der Waals surface area contributed by atoms with Gasteiger partial charge in [-0.3, -0.25) is 9.59 Å². The number of carboxylic acid groups (broad SMARTS) is 4. The maximum absolute atomic E-state index is 12.1. The Labute approximate surface area is 376 Å². The molecule has 0 spiro atoms. The minimum Gasteiger partial charge on any atom is -0.545 e. The van der Waals surface area contributed by atoms with Gasteiger partial charge in [-0.25, -0.2) is 0 Å². The van der Waals surface area contributed by atoms with Crippen molar-refractivity contribution in [2.75, 3.05) is 28.2 Å². The number of carbonyl (C=O) groups is 6. The van der Waals surface area contributed by atoms with Crippen molar-refractivity contribution in [2.24, 2.45) is 0 Å². The summed E-state index contributed by atoms with van der Waals surface area (Å²) in [6, 6.07) is 15.6. The van der Waals surface area contributed by atoms with Gasteiger partial charge in [0.25, 0.3) is 0 Å². The summed E-state index contributed by atoms with van der Waals surface area (Å²) in [5.74, 6) is -7.30. The number of alkyl halides is 12. The third-order valence-electron chi connectivity index (χ3n) is 6.23. The topological polar surface area (TPSA) is 201 Å². The molecule has 0 bridgehead atoms. The van der Waals surface area contributed by atoms with Crippen LogP contribution in [0.15, 0.2) is 97.1 Å². The van der Waals surface area contributed by atoms with Crippen LogP contribution in [0.5, 0.6) is 0 Å². The predicted octanol–water partition coefficient (Wildman–Crippen LogP) is 3.68. The Balaban J connectivity index is -0.000000347. The van der Waals surface area contributed by atoms with Crippen molar-refractivity contribution in [2.45, 2.75) is 24.7 Å². The fourth-order valence-corrected chi connectivity index (χ4v) is 3.63. The molecule has 0 aliphatic carbocycles.